The molecule has 6 nitrogen and oxygen atoms in total. The molecule has 2 atom stereocenters. The number of carbonyl (C=O) groups excluding carboxylic acids is 1. The van der Waals surface area contributed by atoms with E-state index in [1.807, 2.05) is 44.1 Å². The number of methoxy groups -OCH3 is 1. The lowest BCUT2D eigenvalue weighted by atomic mass is 9.92. The van der Waals surface area contributed by atoms with E-state index in [9.17, 15) is 18.0 Å². The molecule has 0 N–H and O–H groups in total. The van der Waals surface area contributed by atoms with E-state index in [2.05, 4.69) is 4.99 Å². The lowest BCUT2D eigenvalue weighted by molar-refractivity contribution is -0.137. The lowest BCUT2D eigenvalue weighted by Gasteiger charge is -2.22. The highest BCUT2D eigenvalue weighted by molar-refractivity contribution is 5.97. The van der Waals surface area contributed by atoms with Crippen molar-refractivity contribution in [3.05, 3.63) is 46.6 Å². The number of rotatable bonds is 4. The van der Waals surface area contributed by atoms with Gasteiger partial charge in [0.05, 0.1) is 37.0 Å². The van der Waals surface area contributed by atoms with Crippen molar-refractivity contribution >= 4 is 5.91 Å². The van der Waals surface area contributed by atoms with Crippen molar-refractivity contribution in [3.63, 3.8) is 0 Å². The van der Waals surface area contributed by atoms with E-state index >= 15 is 0 Å². The average molecular weight is 454 g/mol. The van der Waals surface area contributed by atoms with E-state index < -0.39 is 17.6 Å². The van der Waals surface area contributed by atoms with Crippen LogP contribution in [0.3, 0.4) is 0 Å². The third kappa shape index (κ3) is 5.09. The summed E-state index contributed by atoms with van der Waals surface area (Å²) in [5.74, 6) is -0.758. The van der Waals surface area contributed by atoms with Gasteiger partial charge in [0.25, 0.3) is 5.91 Å². The van der Waals surface area contributed by atoms with Crippen LogP contribution in [0.4, 0.5) is 13.2 Å². The summed E-state index contributed by atoms with van der Waals surface area (Å²) in [6.07, 6.45) is -2.60. The summed E-state index contributed by atoms with van der Waals surface area (Å²) in [7, 11) is 3.19. The van der Waals surface area contributed by atoms with Crippen LogP contribution in [0.15, 0.2) is 29.3 Å². The minimum atomic E-state index is -4.58. The number of hydrogen-bond donors (Lipinski definition) is 0. The van der Waals surface area contributed by atoms with Crippen molar-refractivity contribution in [2.24, 2.45) is 12.0 Å². The molecule has 32 heavy (non-hydrogen) atoms. The van der Waals surface area contributed by atoms with Gasteiger partial charge in [-0.25, -0.2) is 0 Å². The Morgan fingerprint density at radius 3 is 2.44 bits per heavy atom. The van der Waals surface area contributed by atoms with Crippen LogP contribution < -0.4 is 10.2 Å². The monoisotopic (exact) mass is 453 g/mol. The molecule has 1 aromatic heterocycles. The summed E-state index contributed by atoms with van der Waals surface area (Å²) in [6.45, 7) is 8.64. The summed E-state index contributed by atoms with van der Waals surface area (Å²) in [5.41, 5.74) is -0.0937. The SMILES string of the molecule is COc1ccc(C(F)(F)F)cc1C(=O)N=c1cc(C(C)(C)C)n(C)n1CC1CC[C@H](C)O1. The zero-order valence-corrected chi connectivity index (χ0v) is 19.3. The van der Waals surface area contributed by atoms with Gasteiger partial charge in [0, 0.05) is 24.2 Å². The van der Waals surface area contributed by atoms with E-state index in [0.717, 1.165) is 36.7 Å². The number of halogens is 3. The molecule has 1 unspecified atom stereocenters. The van der Waals surface area contributed by atoms with Gasteiger partial charge in [0.1, 0.15) is 5.75 Å². The fourth-order valence-corrected chi connectivity index (χ4v) is 4.01. The molecule has 0 bridgehead atoms. The van der Waals surface area contributed by atoms with Crippen LogP contribution in [0.5, 0.6) is 5.75 Å². The predicted molar refractivity (Wildman–Crippen MR) is 114 cm³/mol. The maximum Gasteiger partial charge on any atom is 0.416 e. The Morgan fingerprint density at radius 2 is 1.91 bits per heavy atom. The standard InChI is InChI=1S/C23H30F3N3O3/c1-14-7-9-16(32-14)13-29-20(12-19(28(29)5)22(2,3)4)27-21(30)17-11-15(23(24,25)26)8-10-18(17)31-6/h8,10-12,14,16H,7,9,13H2,1-6H3/t14-,16?/m0/s1. The Bertz CT molecular complexity index is 1060. The highest BCUT2D eigenvalue weighted by Crippen LogP contribution is 2.33. The van der Waals surface area contributed by atoms with E-state index in [4.69, 9.17) is 9.47 Å². The number of amides is 1. The first kappa shape index (κ1) is 24.1. The predicted octanol–water partition coefficient (Wildman–Crippen LogP) is 4.46. The van der Waals surface area contributed by atoms with Crippen molar-refractivity contribution in [2.45, 2.75) is 70.9 Å². The third-order valence-corrected chi connectivity index (χ3v) is 5.68. The molecular weight excluding hydrogens is 423 g/mol. The summed E-state index contributed by atoms with van der Waals surface area (Å²) >= 11 is 0. The summed E-state index contributed by atoms with van der Waals surface area (Å²) in [4.78, 5) is 17.2. The average Bonchev–Trinajstić information content (AvgIpc) is 3.24. The van der Waals surface area contributed by atoms with E-state index in [1.165, 1.54) is 7.11 Å². The lowest BCUT2D eigenvalue weighted by Crippen LogP contribution is -2.30. The minimum Gasteiger partial charge on any atom is -0.496 e. The number of hydrogen-bond acceptors (Lipinski definition) is 3. The molecule has 1 aromatic carbocycles. The molecule has 1 amide bonds. The Morgan fingerprint density at radius 1 is 1.22 bits per heavy atom. The normalized spacial score (nSPS) is 20.1. The molecule has 2 aromatic rings. The molecule has 0 spiro atoms. The number of carbonyl (C=O) groups is 1. The van der Waals surface area contributed by atoms with Crippen LogP contribution in [0.2, 0.25) is 0 Å². The minimum absolute atomic E-state index is 0.0245. The summed E-state index contributed by atoms with van der Waals surface area (Å²) < 4.78 is 54.4. The Hall–Kier alpha value is -2.55. The molecule has 1 saturated heterocycles. The highest BCUT2D eigenvalue weighted by atomic mass is 19.4. The third-order valence-electron chi connectivity index (χ3n) is 5.68. The molecule has 0 radical (unpaired) electrons. The number of nitrogens with zero attached hydrogens (tertiary/aromatic N) is 3. The first-order valence-corrected chi connectivity index (χ1v) is 10.6. The van der Waals surface area contributed by atoms with E-state index in [1.54, 1.807) is 6.07 Å². The van der Waals surface area contributed by atoms with Crippen molar-refractivity contribution in [1.82, 2.24) is 9.36 Å². The molecule has 1 aliphatic rings. The largest absolute Gasteiger partial charge is 0.496 e. The van der Waals surface area contributed by atoms with Gasteiger partial charge in [-0.05, 0) is 38.0 Å². The van der Waals surface area contributed by atoms with Crippen LogP contribution in [0.25, 0.3) is 0 Å². The summed E-state index contributed by atoms with van der Waals surface area (Å²) in [5, 5.41) is 0. The maximum atomic E-state index is 13.2. The second-order valence-corrected chi connectivity index (χ2v) is 9.22. The molecule has 176 valence electrons. The van der Waals surface area contributed by atoms with Crippen molar-refractivity contribution in [2.75, 3.05) is 7.11 Å². The molecular formula is C23H30F3N3O3. The molecule has 2 heterocycles. The van der Waals surface area contributed by atoms with Gasteiger partial charge < -0.3 is 9.47 Å². The van der Waals surface area contributed by atoms with Gasteiger partial charge >= 0.3 is 6.18 Å². The molecule has 0 saturated carbocycles. The number of aromatic nitrogens is 2. The van der Waals surface area contributed by atoms with Crippen LogP contribution in [-0.4, -0.2) is 34.6 Å². The van der Waals surface area contributed by atoms with Gasteiger partial charge in [0.2, 0.25) is 0 Å². The van der Waals surface area contributed by atoms with E-state index in [-0.39, 0.29) is 28.9 Å². The Kier molecular flexibility index (Phi) is 6.60. The van der Waals surface area contributed by atoms with Crippen LogP contribution in [-0.2, 0) is 29.9 Å². The second-order valence-electron chi connectivity index (χ2n) is 9.22. The van der Waals surface area contributed by atoms with Gasteiger partial charge in [-0.2, -0.15) is 18.2 Å². The van der Waals surface area contributed by atoms with Crippen molar-refractivity contribution in [1.29, 1.82) is 0 Å². The fraction of sp³-hybridized carbons (Fsp3) is 0.565. The fourth-order valence-electron chi connectivity index (χ4n) is 4.01. The van der Waals surface area contributed by atoms with Crippen molar-refractivity contribution in [3.8, 4) is 5.75 Å². The molecule has 0 aliphatic carbocycles. The Balaban J connectivity index is 2.10. The first-order valence-electron chi connectivity index (χ1n) is 10.6. The molecule has 1 aliphatic heterocycles. The van der Waals surface area contributed by atoms with E-state index in [0.29, 0.717) is 12.0 Å². The maximum absolute atomic E-state index is 13.2. The smallest absolute Gasteiger partial charge is 0.416 e. The quantitative estimate of drug-likeness (QED) is 0.687. The molecule has 1 fully saturated rings. The number of alkyl halides is 3. The number of benzene rings is 1. The molecule has 3 rings (SSSR count). The zero-order chi connectivity index (χ0) is 23.8. The molecule has 9 heteroatoms. The topological polar surface area (TPSA) is 57.8 Å². The summed E-state index contributed by atoms with van der Waals surface area (Å²) in [6, 6.07) is 4.61. The van der Waals surface area contributed by atoms with Gasteiger partial charge in [0.15, 0.2) is 5.49 Å². The van der Waals surface area contributed by atoms with Crippen LogP contribution >= 0.6 is 0 Å². The number of ether oxygens (including phenoxy) is 2. The zero-order valence-electron chi connectivity index (χ0n) is 19.3. The van der Waals surface area contributed by atoms with Gasteiger partial charge in [-0.3, -0.25) is 14.2 Å². The first-order chi connectivity index (χ1) is 14.8. The Labute approximate surface area is 185 Å². The van der Waals surface area contributed by atoms with Crippen LogP contribution in [0.1, 0.15) is 62.2 Å². The van der Waals surface area contributed by atoms with Gasteiger partial charge in [-0.15, -0.1) is 0 Å². The van der Waals surface area contributed by atoms with Crippen LogP contribution in [0, 0.1) is 0 Å². The second kappa shape index (κ2) is 8.77. The highest BCUT2D eigenvalue weighted by Gasteiger charge is 2.32. The van der Waals surface area contributed by atoms with Gasteiger partial charge in [-0.1, -0.05) is 20.8 Å². The van der Waals surface area contributed by atoms with Crippen molar-refractivity contribution < 1.29 is 27.4 Å².